The first-order chi connectivity index (χ1) is 19.0. The molecule has 2 aromatic heterocycles. The summed E-state index contributed by atoms with van der Waals surface area (Å²) in [4.78, 5) is 54.7. The van der Waals surface area contributed by atoms with E-state index in [2.05, 4.69) is 0 Å². The minimum absolute atomic E-state index is 0.0536. The molecule has 2 aliphatic rings. The van der Waals surface area contributed by atoms with Crippen molar-refractivity contribution in [2.24, 2.45) is 0 Å². The lowest BCUT2D eigenvalue weighted by atomic mass is 9.90. The Morgan fingerprint density at radius 1 is 0.615 bits per heavy atom. The van der Waals surface area contributed by atoms with Crippen molar-refractivity contribution in [2.75, 3.05) is 0 Å². The number of benzene rings is 3. The number of allylic oxidation sites excluding steroid dienone is 2. The normalized spacial score (nSPS) is 17.7. The van der Waals surface area contributed by atoms with Gasteiger partial charge in [0.25, 0.3) is 0 Å². The monoisotopic (exact) mass is 522 g/mol. The number of hydrogen-bond donors (Lipinski definition) is 1. The van der Waals surface area contributed by atoms with Crippen molar-refractivity contribution in [1.29, 1.82) is 0 Å². The second-order valence-electron chi connectivity index (χ2n) is 9.51. The van der Waals surface area contributed by atoms with Crippen LogP contribution in [0.1, 0.15) is 17.6 Å². The van der Waals surface area contributed by atoms with Gasteiger partial charge in [0.1, 0.15) is 11.8 Å². The highest BCUT2D eigenvalue weighted by Gasteiger charge is 2.42. The topological polar surface area (TPSA) is 118 Å². The van der Waals surface area contributed by atoms with Crippen molar-refractivity contribution in [3.8, 4) is 17.1 Å². The van der Waals surface area contributed by atoms with Crippen LogP contribution in [0.3, 0.4) is 0 Å². The predicted molar refractivity (Wildman–Crippen MR) is 142 cm³/mol. The highest BCUT2D eigenvalue weighted by atomic mass is 16.3. The Labute approximate surface area is 219 Å². The molecule has 2 aliphatic heterocycles. The average Bonchev–Trinajstić information content (AvgIpc) is 3.37. The summed E-state index contributed by atoms with van der Waals surface area (Å²) >= 11 is 0. The average molecular weight is 523 g/mol. The van der Waals surface area contributed by atoms with Crippen LogP contribution in [0.4, 0.5) is 0 Å². The third-order valence-corrected chi connectivity index (χ3v) is 7.47. The number of rotatable bonds is 3. The van der Waals surface area contributed by atoms with E-state index in [4.69, 9.17) is 0 Å². The SMILES string of the molecule is O=c1n(-c2ccccc2)c(=O)n2n1CC=C1C2Cn2c(=O)n(-c3ccccc3)c(=O)n2C1c1ccccc1O. The third-order valence-electron chi connectivity index (χ3n) is 7.47. The van der Waals surface area contributed by atoms with Crippen molar-refractivity contribution in [1.82, 2.24) is 27.9 Å². The lowest BCUT2D eigenvalue weighted by Gasteiger charge is -2.37. The molecule has 7 rings (SSSR count). The molecule has 0 bridgehead atoms. The summed E-state index contributed by atoms with van der Waals surface area (Å²) in [5.74, 6) is -0.0559. The smallest absolute Gasteiger partial charge is 0.352 e. The molecular weight excluding hydrogens is 500 g/mol. The van der Waals surface area contributed by atoms with Crippen LogP contribution in [0.15, 0.2) is 116 Å². The van der Waals surface area contributed by atoms with Gasteiger partial charge in [-0.3, -0.25) is 0 Å². The Hall–Kier alpha value is -5.32. The fourth-order valence-corrected chi connectivity index (χ4v) is 5.75. The number of aromatic nitrogens is 6. The molecule has 0 saturated heterocycles. The third kappa shape index (κ3) is 3.16. The summed E-state index contributed by atoms with van der Waals surface area (Å²) in [5, 5.41) is 10.8. The molecule has 5 aromatic rings. The van der Waals surface area contributed by atoms with Gasteiger partial charge in [0.05, 0.1) is 30.5 Å². The first-order valence-electron chi connectivity index (χ1n) is 12.4. The van der Waals surface area contributed by atoms with Gasteiger partial charge in [-0.2, -0.15) is 0 Å². The van der Waals surface area contributed by atoms with E-state index in [1.807, 2.05) is 0 Å². The van der Waals surface area contributed by atoms with Crippen LogP contribution in [0.2, 0.25) is 0 Å². The van der Waals surface area contributed by atoms with E-state index in [9.17, 15) is 24.3 Å². The molecule has 0 saturated carbocycles. The molecule has 0 aliphatic carbocycles. The Bertz CT molecular complexity index is 2020. The summed E-state index contributed by atoms with van der Waals surface area (Å²) in [6.07, 6.45) is 1.80. The van der Waals surface area contributed by atoms with Crippen molar-refractivity contribution in [3.63, 3.8) is 0 Å². The van der Waals surface area contributed by atoms with Crippen LogP contribution in [0, 0.1) is 0 Å². The summed E-state index contributed by atoms with van der Waals surface area (Å²) in [6.45, 7) is 0.0319. The molecule has 3 aromatic carbocycles. The lowest BCUT2D eigenvalue weighted by molar-refractivity contribution is 0.244. The van der Waals surface area contributed by atoms with Crippen LogP contribution < -0.4 is 22.8 Å². The van der Waals surface area contributed by atoms with Gasteiger partial charge in [-0.05, 0) is 35.9 Å². The van der Waals surface area contributed by atoms with E-state index < -0.39 is 34.8 Å². The molecule has 2 atom stereocenters. The quantitative estimate of drug-likeness (QED) is 0.360. The maximum absolute atomic E-state index is 13.8. The zero-order chi connectivity index (χ0) is 26.8. The molecule has 0 spiro atoms. The summed E-state index contributed by atoms with van der Waals surface area (Å²) in [5.41, 5.74) is -0.337. The maximum atomic E-state index is 13.8. The molecule has 11 nitrogen and oxygen atoms in total. The van der Waals surface area contributed by atoms with Crippen molar-refractivity contribution in [2.45, 2.75) is 25.2 Å². The Kier molecular flexibility index (Phi) is 4.89. The van der Waals surface area contributed by atoms with Crippen LogP contribution >= 0.6 is 0 Å². The molecule has 1 N–H and O–H groups in total. The minimum atomic E-state index is -0.883. The maximum Gasteiger partial charge on any atom is 0.352 e. The first kappa shape index (κ1) is 22.8. The number of aromatic hydroxyl groups is 1. The zero-order valence-electron chi connectivity index (χ0n) is 20.5. The molecule has 0 amide bonds. The van der Waals surface area contributed by atoms with E-state index in [1.54, 1.807) is 84.9 Å². The highest BCUT2D eigenvalue weighted by Crippen LogP contribution is 2.41. The molecule has 39 heavy (non-hydrogen) atoms. The van der Waals surface area contributed by atoms with E-state index in [0.29, 0.717) is 22.5 Å². The molecule has 0 fully saturated rings. The van der Waals surface area contributed by atoms with Gasteiger partial charge < -0.3 is 5.11 Å². The molecule has 11 heteroatoms. The van der Waals surface area contributed by atoms with E-state index in [-0.39, 0.29) is 18.8 Å². The zero-order valence-corrected chi connectivity index (χ0v) is 20.5. The van der Waals surface area contributed by atoms with Crippen LogP contribution in [0.25, 0.3) is 11.4 Å². The number of para-hydroxylation sites is 3. The van der Waals surface area contributed by atoms with Gasteiger partial charge in [-0.1, -0.05) is 60.7 Å². The van der Waals surface area contributed by atoms with Gasteiger partial charge in [-0.15, -0.1) is 0 Å². The standard InChI is InChI=1S/C28H22N6O5/c35-23-14-8-7-13-21(23)24-20-15-16-29-25(36)31(18-9-3-1-4-10-18)27(38)33(29)22(20)17-30-26(37)32(28(39)34(24)30)19-11-5-2-6-12-19/h1-15,22,24,35H,16-17H2. The van der Waals surface area contributed by atoms with Crippen molar-refractivity contribution >= 4 is 0 Å². The molecule has 4 heterocycles. The second kappa shape index (κ2) is 8.35. The molecule has 2 unspecified atom stereocenters. The largest absolute Gasteiger partial charge is 0.508 e. The number of fused-ring (bicyclic) bond motifs is 4. The summed E-state index contributed by atoms with van der Waals surface area (Å²) < 4.78 is 7.51. The molecule has 194 valence electrons. The van der Waals surface area contributed by atoms with Gasteiger partial charge in [0, 0.05) is 5.56 Å². The summed E-state index contributed by atoms with van der Waals surface area (Å²) in [6, 6.07) is 22.2. The van der Waals surface area contributed by atoms with Crippen LogP contribution in [-0.4, -0.2) is 33.0 Å². The number of phenols is 1. The molecular formula is C28H22N6O5. The number of nitrogens with zero attached hydrogens (tertiary/aromatic N) is 6. The van der Waals surface area contributed by atoms with Crippen molar-refractivity contribution in [3.05, 3.63) is 144 Å². The van der Waals surface area contributed by atoms with E-state index in [0.717, 1.165) is 9.13 Å². The summed E-state index contributed by atoms with van der Waals surface area (Å²) in [7, 11) is 0. The Morgan fingerprint density at radius 2 is 1.15 bits per heavy atom. The fourth-order valence-electron chi connectivity index (χ4n) is 5.75. The van der Waals surface area contributed by atoms with Gasteiger partial charge in [-0.25, -0.2) is 47.0 Å². The van der Waals surface area contributed by atoms with E-state index in [1.165, 1.54) is 24.8 Å². The second-order valence-corrected chi connectivity index (χ2v) is 9.51. The van der Waals surface area contributed by atoms with Gasteiger partial charge in [0.2, 0.25) is 0 Å². The van der Waals surface area contributed by atoms with E-state index >= 15 is 0 Å². The van der Waals surface area contributed by atoms with Crippen LogP contribution in [0.5, 0.6) is 5.75 Å². The molecule has 0 radical (unpaired) electrons. The van der Waals surface area contributed by atoms with Gasteiger partial charge >= 0.3 is 22.8 Å². The Morgan fingerprint density at radius 3 is 1.77 bits per heavy atom. The fraction of sp³-hybridized carbons (Fsp3) is 0.143. The Balaban J connectivity index is 1.51. The van der Waals surface area contributed by atoms with Crippen LogP contribution in [-0.2, 0) is 13.1 Å². The van der Waals surface area contributed by atoms with Crippen molar-refractivity contribution < 1.29 is 5.11 Å². The minimum Gasteiger partial charge on any atom is -0.508 e. The first-order valence-corrected chi connectivity index (χ1v) is 12.4. The predicted octanol–water partition coefficient (Wildman–Crippen LogP) is 1.40. The van der Waals surface area contributed by atoms with Gasteiger partial charge in [0.15, 0.2) is 0 Å². The lowest BCUT2D eigenvalue weighted by Crippen LogP contribution is -2.46. The highest BCUT2D eigenvalue weighted by molar-refractivity contribution is 5.42. The number of phenolic OH excluding ortho intramolecular Hbond substituents is 1. The number of hydrogen-bond acceptors (Lipinski definition) is 5.